The lowest BCUT2D eigenvalue weighted by Crippen LogP contribution is -2.45. The fourth-order valence-electron chi connectivity index (χ4n) is 2.72. The minimum absolute atomic E-state index is 0. The van der Waals surface area contributed by atoms with Crippen LogP contribution in [0.2, 0.25) is 0 Å². The van der Waals surface area contributed by atoms with Crippen molar-refractivity contribution in [1.82, 2.24) is 10.2 Å². The van der Waals surface area contributed by atoms with Gasteiger partial charge >= 0.3 is 0 Å². The van der Waals surface area contributed by atoms with Gasteiger partial charge in [-0.25, -0.2) is 8.78 Å². The van der Waals surface area contributed by atoms with Crippen LogP contribution in [-0.4, -0.2) is 31.1 Å². The molecule has 1 aromatic heterocycles. The van der Waals surface area contributed by atoms with Crippen LogP contribution >= 0.6 is 23.7 Å². The van der Waals surface area contributed by atoms with Crippen molar-refractivity contribution in [3.63, 3.8) is 0 Å². The van der Waals surface area contributed by atoms with E-state index in [2.05, 4.69) is 15.6 Å². The maximum Gasteiger partial charge on any atom is 0.126 e. The zero-order chi connectivity index (χ0) is 13.9. The predicted molar refractivity (Wildman–Crippen MR) is 84.2 cm³/mol. The van der Waals surface area contributed by atoms with E-state index >= 15 is 0 Å². The lowest BCUT2D eigenvalue weighted by molar-refractivity contribution is 0.198. The van der Waals surface area contributed by atoms with E-state index in [1.165, 1.54) is 12.1 Å². The summed E-state index contributed by atoms with van der Waals surface area (Å²) in [6.45, 7) is 3.55. The van der Waals surface area contributed by atoms with Gasteiger partial charge in [-0.1, -0.05) is 0 Å². The lowest BCUT2D eigenvalue weighted by Gasteiger charge is -2.35. The fraction of sp³-hybridized carbons (Fsp3) is 0.333. The molecule has 0 bridgehead atoms. The Bertz CT molecular complexity index is 551. The van der Waals surface area contributed by atoms with Crippen molar-refractivity contribution in [1.29, 1.82) is 0 Å². The Morgan fingerprint density at radius 1 is 1.05 bits per heavy atom. The van der Waals surface area contributed by atoms with E-state index < -0.39 is 11.6 Å². The van der Waals surface area contributed by atoms with Crippen LogP contribution in [0, 0.1) is 11.6 Å². The van der Waals surface area contributed by atoms with E-state index in [9.17, 15) is 8.78 Å². The minimum Gasteiger partial charge on any atom is -0.314 e. The summed E-state index contributed by atoms with van der Waals surface area (Å²) < 4.78 is 27.1. The Labute approximate surface area is 133 Å². The molecule has 1 aliphatic rings. The maximum absolute atomic E-state index is 13.5. The van der Waals surface area contributed by atoms with E-state index in [1.54, 1.807) is 11.3 Å². The summed E-state index contributed by atoms with van der Waals surface area (Å²) in [5, 5.41) is 7.35. The molecular weight excluding hydrogens is 314 g/mol. The van der Waals surface area contributed by atoms with Crippen LogP contribution in [0.3, 0.4) is 0 Å². The second-order valence-electron chi connectivity index (χ2n) is 4.95. The Morgan fingerprint density at radius 2 is 1.71 bits per heavy atom. The molecule has 2 aromatic rings. The average Bonchev–Trinajstić information content (AvgIpc) is 2.93. The first-order valence-electron chi connectivity index (χ1n) is 6.67. The van der Waals surface area contributed by atoms with Gasteiger partial charge in [0.25, 0.3) is 0 Å². The minimum atomic E-state index is -0.518. The molecule has 1 fully saturated rings. The average molecular weight is 331 g/mol. The van der Waals surface area contributed by atoms with E-state index in [0.717, 1.165) is 37.8 Å². The molecule has 0 saturated carbocycles. The Morgan fingerprint density at radius 3 is 2.29 bits per heavy atom. The van der Waals surface area contributed by atoms with Crippen molar-refractivity contribution in [3.8, 4) is 0 Å². The number of nitrogens with zero attached hydrogens (tertiary/aromatic N) is 1. The molecule has 0 unspecified atom stereocenters. The monoisotopic (exact) mass is 330 g/mol. The normalized spacial score (nSPS) is 17.2. The zero-order valence-electron chi connectivity index (χ0n) is 11.4. The van der Waals surface area contributed by atoms with Crippen molar-refractivity contribution in [3.05, 3.63) is 57.8 Å². The Hall–Kier alpha value is -1.01. The first kappa shape index (κ1) is 16.4. The number of hydrogen-bond acceptors (Lipinski definition) is 3. The molecule has 0 aliphatic carbocycles. The van der Waals surface area contributed by atoms with Gasteiger partial charge in [-0.3, -0.25) is 4.90 Å². The number of hydrogen-bond donors (Lipinski definition) is 1. The van der Waals surface area contributed by atoms with Gasteiger partial charge in [-0.15, -0.1) is 12.4 Å². The van der Waals surface area contributed by atoms with Gasteiger partial charge in [-0.2, -0.15) is 11.3 Å². The van der Waals surface area contributed by atoms with E-state index in [1.807, 2.05) is 11.4 Å². The maximum atomic E-state index is 13.5. The lowest BCUT2D eigenvalue weighted by atomic mass is 9.98. The van der Waals surface area contributed by atoms with Crippen LogP contribution in [0.5, 0.6) is 0 Å². The molecule has 1 atom stereocenters. The highest BCUT2D eigenvalue weighted by Gasteiger charge is 2.25. The summed E-state index contributed by atoms with van der Waals surface area (Å²) in [4.78, 5) is 2.27. The van der Waals surface area contributed by atoms with Crippen molar-refractivity contribution in [2.24, 2.45) is 0 Å². The fourth-order valence-corrected chi connectivity index (χ4v) is 3.40. The summed E-state index contributed by atoms with van der Waals surface area (Å²) in [5.41, 5.74) is 1.78. The van der Waals surface area contributed by atoms with Crippen molar-refractivity contribution >= 4 is 23.7 Å². The van der Waals surface area contributed by atoms with E-state index in [-0.39, 0.29) is 18.4 Å². The second-order valence-corrected chi connectivity index (χ2v) is 5.73. The standard InChI is InChI=1S/C15H16F2N2S.ClH/c16-13-7-12(8-14(17)9-13)15(11-1-6-20-10-11)19-4-2-18-3-5-19;/h1,6-10,15,18H,2-5H2;1H/t15-;/m0./s1. The first-order valence-corrected chi connectivity index (χ1v) is 7.61. The van der Waals surface area contributed by atoms with Crippen LogP contribution in [0.4, 0.5) is 8.78 Å². The number of rotatable bonds is 3. The van der Waals surface area contributed by atoms with Gasteiger partial charge in [0.1, 0.15) is 11.6 Å². The summed E-state index contributed by atoms with van der Waals surface area (Å²) in [5.74, 6) is -1.04. The molecular formula is C15H17ClF2N2S. The predicted octanol–water partition coefficient (Wildman–Crippen LogP) is 3.44. The van der Waals surface area contributed by atoms with Gasteiger partial charge in [0.2, 0.25) is 0 Å². The molecule has 21 heavy (non-hydrogen) atoms. The molecule has 1 aromatic carbocycles. The van der Waals surface area contributed by atoms with Gasteiger partial charge in [0.15, 0.2) is 0 Å². The number of piperazine rings is 1. The molecule has 1 aliphatic heterocycles. The van der Waals surface area contributed by atoms with E-state index in [4.69, 9.17) is 0 Å². The molecule has 0 radical (unpaired) electrons. The van der Waals surface area contributed by atoms with Crippen molar-refractivity contribution < 1.29 is 8.78 Å². The summed E-state index contributed by atoms with van der Waals surface area (Å²) in [6, 6.07) is 5.75. The van der Waals surface area contributed by atoms with Gasteiger partial charge in [0, 0.05) is 32.2 Å². The Balaban J connectivity index is 0.00000161. The third kappa shape index (κ3) is 3.80. The number of benzene rings is 1. The molecule has 0 amide bonds. The molecule has 2 heterocycles. The van der Waals surface area contributed by atoms with Crippen LogP contribution in [0.1, 0.15) is 17.2 Å². The molecule has 6 heteroatoms. The topological polar surface area (TPSA) is 15.3 Å². The smallest absolute Gasteiger partial charge is 0.126 e. The van der Waals surface area contributed by atoms with Crippen LogP contribution in [0.15, 0.2) is 35.0 Å². The molecule has 3 rings (SSSR count). The van der Waals surface area contributed by atoms with Crippen molar-refractivity contribution in [2.75, 3.05) is 26.2 Å². The van der Waals surface area contributed by atoms with E-state index in [0.29, 0.717) is 5.56 Å². The van der Waals surface area contributed by atoms with Crippen LogP contribution in [0.25, 0.3) is 0 Å². The quantitative estimate of drug-likeness (QED) is 0.927. The summed E-state index contributed by atoms with van der Waals surface area (Å²) in [6.07, 6.45) is 0. The first-order chi connectivity index (χ1) is 9.74. The van der Waals surface area contributed by atoms with Gasteiger partial charge < -0.3 is 5.32 Å². The molecule has 1 saturated heterocycles. The SMILES string of the molecule is Cl.Fc1cc(F)cc([C@H](c2ccsc2)N2CCNCC2)c1. The zero-order valence-corrected chi connectivity index (χ0v) is 13.0. The highest BCUT2D eigenvalue weighted by atomic mass is 35.5. The Kier molecular flexibility index (Phi) is 5.70. The van der Waals surface area contributed by atoms with Gasteiger partial charge in [-0.05, 0) is 40.1 Å². The molecule has 0 spiro atoms. The summed E-state index contributed by atoms with van der Waals surface area (Å²) in [7, 11) is 0. The second kappa shape index (κ2) is 7.31. The van der Waals surface area contributed by atoms with Crippen molar-refractivity contribution in [2.45, 2.75) is 6.04 Å². The number of halogens is 3. The number of nitrogens with one attached hydrogen (secondary N) is 1. The highest BCUT2D eigenvalue weighted by Crippen LogP contribution is 2.31. The highest BCUT2D eigenvalue weighted by molar-refractivity contribution is 7.08. The molecule has 1 N–H and O–H groups in total. The molecule has 2 nitrogen and oxygen atoms in total. The molecule has 114 valence electrons. The number of thiophene rings is 1. The van der Waals surface area contributed by atoms with Crippen LogP contribution < -0.4 is 5.32 Å². The van der Waals surface area contributed by atoms with Gasteiger partial charge in [0.05, 0.1) is 6.04 Å². The largest absolute Gasteiger partial charge is 0.314 e. The summed E-state index contributed by atoms with van der Waals surface area (Å²) >= 11 is 1.61. The van der Waals surface area contributed by atoms with Crippen LogP contribution in [-0.2, 0) is 0 Å². The third-order valence-corrected chi connectivity index (χ3v) is 4.28. The third-order valence-electron chi connectivity index (χ3n) is 3.58.